The first-order chi connectivity index (χ1) is 8.38. The highest BCUT2D eigenvalue weighted by Crippen LogP contribution is 2.04. The number of aliphatic hydroxyl groups is 4. The van der Waals surface area contributed by atoms with Gasteiger partial charge in [-0.1, -0.05) is 0 Å². The highest BCUT2D eigenvalue weighted by Gasteiger charge is 2.32. The summed E-state index contributed by atoms with van der Waals surface area (Å²) in [6, 6.07) is -2.65. The lowest BCUT2D eigenvalue weighted by atomic mass is 10.0. The molecule has 0 aliphatic rings. The molecule has 0 aromatic rings. The summed E-state index contributed by atoms with van der Waals surface area (Å²) >= 11 is 0. The van der Waals surface area contributed by atoms with Gasteiger partial charge in [-0.05, 0) is 0 Å². The van der Waals surface area contributed by atoms with Crippen molar-refractivity contribution in [2.45, 2.75) is 24.4 Å². The molecule has 104 valence electrons. The third-order valence-electron chi connectivity index (χ3n) is 2.15. The van der Waals surface area contributed by atoms with Crippen LogP contribution in [0.2, 0.25) is 0 Å². The van der Waals surface area contributed by atoms with Gasteiger partial charge in [0.1, 0.15) is 30.6 Å². The fourth-order valence-electron chi connectivity index (χ4n) is 1.02. The highest BCUT2D eigenvalue weighted by atomic mass is 16.4. The van der Waals surface area contributed by atoms with Gasteiger partial charge in [-0.2, -0.15) is 5.01 Å². The Hall–Kier alpha value is -1.62. The molecule has 0 unspecified atom stereocenters. The van der Waals surface area contributed by atoms with Crippen LogP contribution in [0.15, 0.2) is 5.29 Å². The lowest BCUT2D eigenvalue weighted by molar-refractivity contribution is -0.119. The Morgan fingerprint density at radius 2 is 1.94 bits per heavy atom. The fourth-order valence-corrected chi connectivity index (χ4v) is 1.02. The summed E-state index contributed by atoms with van der Waals surface area (Å²) in [5.41, 5.74) is 0. The molecule has 4 atom stereocenters. The molecule has 0 rings (SSSR count). The maximum Gasteiger partial charge on any atom is 0.340 e. The number of aliphatic hydroxyl groups excluding tert-OH is 4. The SMILES string of the molecule is CN(N=O)C(=O)N[C@@H](C=O)[C@@H](O)[C@@H](O)[C@H](O)CO. The minimum atomic E-state index is -1.85. The summed E-state index contributed by atoms with van der Waals surface area (Å²) in [5, 5.41) is 40.9. The van der Waals surface area contributed by atoms with Crippen molar-refractivity contribution in [1.29, 1.82) is 0 Å². The van der Waals surface area contributed by atoms with Crippen LogP contribution < -0.4 is 5.32 Å². The second-order valence-corrected chi connectivity index (χ2v) is 3.45. The van der Waals surface area contributed by atoms with Gasteiger partial charge in [0.05, 0.1) is 11.9 Å². The van der Waals surface area contributed by atoms with Crippen LogP contribution in [-0.4, -0.2) is 75.8 Å². The maximum absolute atomic E-state index is 11.2. The zero-order chi connectivity index (χ0) is 14.3. The lowest BCUT2D eigenvalue weighted by Gasteiger charge is -2.26. The molecule has 0 radical (unpaired) electrons. The Labute approximate surface area is 102 Å². The number of rotatable bonds is 7. The van der Waals surface area contributed by atoms with Gasteiger partial charge < -0.3 is 30.5 Å². The fraction of sp³-hybridized carbons (Fsp3) is 0.750. The molecule has 0 spiro atoms. The molecule has 0 aromatic carbocycles. The zero-order valence-electron chi connectivity index (χ0n) is 9.50. The normalized spacial score (nSPS) is 17.2. The van der Waals surface area contributed by atoms with E-state index in [1.54, 1.807) is 0 Å². The van der Waals surface area contributed by atoms with Gasteiger partial charge in [0.25, 0.3) is 0 Å². The van der Waals surface area contributed by atoms with Crippen LogP contribution in [0.4, 0.5) is 4.79 Å². The third kappa shape index (κ3) is 4.33. The molecule has 18 heavy (non-hydrogen) atoms. The summed E-state index contributed by atoms with van der Waals surface area (Å²) in [5.74, 6) is 0. The van der Waals surface area contributed by atoms with E-state index in [1.165, 1.54) is 0 Å². The molecular formula is C8H15N3O7. The number of carbonyl (C=O) groups excluding carboxylic acids is 2. The Morgan fingerprint density at radius 3 is 2.33 bits per heavy atom. The van der Waals surface area contributed by atoms with Gasteiger partial charge >= 0.3 is 6.03 Å². The van der Waals surface area contributed by atoms with Crippen LogP contribution in [0.3, 0.4) is 0 Å². The second-order valence-electron chi connectivity index (χ2n) is 3.45. The summed E-state index contributed by atoms with van der Waals surface area (Å²) in [6.07, 6.45) is -5.27. The molecule has 0 aromatic heterocycles. The van der Waals surface area contributed by atoms with E-state index in [-0.39, 0.29) is 6.29 Å². The van der Waals surface area contributed by atoms with Gasteiger partial charge in [-0.25, -0.2) is 4.79 Å². The van der Waals surface area contributed by atoms with E-state index < -0.39 is 37.0 Å². The molecule has 10 heteroatoms. The average Bonchev–Trinajstić information content (AvgIpc) is 2.40. The molecule has 2 amide bonds. The Kier molecular flexibility index (Phi) is 6.97. The topological polar surface area (TPSA) is 160 Å². The van der Waals surface area contributed by atoms with Gasteiger partial charge in [-0.3, -0.25) is 0 Å². The Balaban J connectivity index is 4.62. The second kappa shape index (κ2) is 7.66. The van der Waals surface area contributed by atoms with Crippen LogP contribution in [-0.2, 0) is 4.79 Å². The van der Waals surface area contributed by atoms with Gasteiger partial charge in [0, 0.05) is 7.05 Å². The quantitative estimate of drug-likeness (QED) is 0.186. The van der Waals surface area contributed by atoms with E-state index in [1.807, 2.05) is 5.32 Å². The lowest BCUT2D eigenvalue weighted by Crippen LogP contribution is -2.54. The zero-order valence-corrected chi connectivity index (χ0v) is 9.50. The number of hydrogen-bond acceptors (Lipinski definition) is 8. The highest BCUT2D eigenvalue weighted by molar-refractivity contribution is 5.77. The number of aldehydes is 1. The molecule has 0 saturated carbocycles. The number of carbonyl (C=O) groups is 2. The first-order valence-electron chi connectivity index (χ1n) is 4.86. The van der Waals surface area contributed by atoms with Crippen LogP contribution >= 0.6 is 0 Å². The van der Waals surface area contributed by atoms with Crippen LogP contribution in [0.25, 0.3) is 0 Å². The molecule has 0 fully saturated rings. The number of amides is 2. The molecule has 0 heterocycles. The molecule has 0 aliphatic carbocycles. The first kappa shape index (κ1) is 16.4. The number of urea groups is 1. The summed E-state index contributed by atoms with van der Waals surface area (Å²) < 4.78 is 0. The largest absolute Gasteiger partial charge is 0.394 e. The molecule has 0 bridgehead atoms. The minimum Gasteiger partial charge on any atom is -0.394 e. The van der Waals surface area contributed by atoms with E-state index in [4.69, 9.17) is 10.2 Å². The smallest absolute Gasteiger partial charge is 0.340 e. The molecule has 10 nitrogen and oxygen atoms in total. The standard InChI is InChI=1S/C8H15N3O7/c1-11(10-18)8(17)9-4(2-12)6(15)7(16)5(14)3-13/h2,4-7,13-16H,3H2,1H3,(H,9,17)/t4-,5+,6+,7-/m0/s1. The van der Waals surface area contributed by atoms with Crippen molar-refractivity contribution in [3.63, 3.8) is 0 Å². The monoisotopic (exact) mass is 265 g/mol. The number of nitrogens with one attached hydrogen (secondary N) is 1. The number of nitroso groups, excluding NO2 is 1. The average molecular weight is 265 g/mol. The van der Waals surface area contributed by atoms with Crippen molar-refractivity contribution >= 4 is 12.3 Å². The summed E-state index contributed by atoms with van der Waals surface area (Å²) in [7, 11) is 1.01. The van der Waals surface area contributed by atoms with Crippen molar-refractivity contribution in [2.75, 3.05) is 13.7 Å². The summed E-state index contributed by atoms with van der Waals surface area (Å²) in [6.45, 7) is -0.840. The van der Waals surface area contributed by atoms with Crippen LogP contribution in [0, 0.1) is 4.91 Å². The van der Waals surface area contributed by atoms with Crippen molar-refractivity contribution in [3.8, 4) is 0 Å². The van der Waals surface area contributed by atoms with Crippen molar-refractivity contribution in [3.05, 3.63) is 4.91 Å². The molecular weight excluding hydrogens is 250 g/mol. The van der Waals surface area contributed by atoms with Crippen LogP contribution in [0.5, 0.6) is 0 Å². The third-order valence-corrected chi connectivity index (χ3v) is 2.15. The Morgan fingerprint density at radius 1 is 1.39 bits per heavy atom. The van der Waals surface area contributed by atoms with Crippen molar-refractivity contribution in [2.24, 2.45) is 5.29 Å². The predicted molar refractivity (Wildman–Crippen MR) is 57.0 cm³/mol. The molecule has 0 aliphatic heterocycles. The summed E-state index contributed by atoms with van der Waals surface area (Å²) in [4.78, 5) is 31.8. The van der Waals surface area contributed by atoms with E-state index in [2.05, 4.69) is 5.29 Å². The predicted octanol–water partition coefficient (Wildman–Crippen LogP) is -3.05. The van der Waals surface area contributed by atoms with Gasteiger partial charge in [-0.15, -0.1) is 4.91 Å². The minimum absolute atomic E-state index is 0.106. The van der Waals surface area contributed by atoms with Crippen molar-refractivity contribution in [1.82, 2.24) is 10.3 Å². The van der Waals surface area contributed by atoms with E-state index >= 15 is 0 Å². The maximum atomic E-state index is 11.2. The van der Waals surface area contributed by atoms with Crippen LogP contribution in [0.1, 0.15) is 0 Å². The number of nitrogens with zero attached hydrogens (tertiary/aromatic N) is 2. The molecule has 0 saturated heterocycles. The first-order valence-corrected chi connectivity index (χ1v) is 4.86. The Bertz CT molecular complexity index is 300. The van der Waals surface area contributed by atoms with Gasteiger partial charge in [0.15, 0.2) is 0 Å². The van der Waals surface area contributed by atoms with Gasteiger partial charge in [0.2, 0.25) is 0 Å². The van der Waals surface area contributed by atoms with E-state index in [9.17, 15) is 24.7 Å². The van der Waals surface area contributed by atoms with E-state index in [0.717, 1.165) is 7.05 Å². The number of hydrogen-bond donors (Lipinski definition) is 5. The molecule has 5 N–H and O–H groups in total. The van der Waals surface area contributed by atoms with E-state index in [0.29, 0.717) is 5.01 Å². The van der Waals surface area contributed by atoms with Crippen molar-refractivity contribution < 1.29 is 30.0 Å².